The van der Waals surface area contributed by atoms with Crippen molar-refractivity contribution in [3.05, 3.63) is 108 Å². The number of alkyl halides is 1. The normalized spacial score (nSPS) is 12.0. The number of benzene rings is 2. The number of hydrogen-bond acceptors (Lipinski definition) is 2. The van der Waals surface area contributed by atoms with Crippen LogP contribution in [0, 0.1) is 0 Å². The molecule has 4 rings (SSSR count). The van der Waals surface area contributed by atoms with Crippen LogP contribution < -0.4 is 0 Å². The molecule has 0 bridgehead atoms. The number of pyridine rings is 1. The number of rotatable bonds is 5. The molecule has 0 aliphatic carbocycles. The quantitative estimate of drug-likeness (QED) is 0.451. The standard InChI is InChI=1S/C22H18ClN3/c23-22(19-9-5-2-6-10-19)21-14-24-16-26(21)15-17-11-12-20(25-13-17)18-7-3-1-4-8-18/h1-14,16,22H,15H2. The molecule has 0 spiro atoms. The van der Waals surface area contributed by atoms with Crippen molar-refractivity contribution in [2.75, 3.05) is 0 Å². The minimum Gasteiger partial charge on any atom is -0.328 e. The van der Waals surface area contributed by atoms with Crippen molar-refractivity contribution >= 4 is 11.6 Å². The van der Waals surface area contributed by atoms with E-state index in [-0.39, 0.29) is 5.38 Å². The Labute approximate surface area is 157 Å². The third kappa shape index (κ3) is 3.53. The molecule has 4 heteroatoms. The van der Waals surface area contributed by atoms with Gasteiger partial charge in [-0.3, -0.25) is 4.98 Å². The van der Waals surface area contributed by atoms with Crippen LogP contribution in [0.25, 0.3) is 11.3 Å². The van der Waals surface area contributed by atoms with E-state index in [0.29, 0.717) is 6.54 Å². The highest BCUT2D eigenvalue weighted by molar-refractivity contribution is 6.22. The third-order valence-electron chi connectivity index (χ3n) is 4.34. The average Bonchev–Trinajstić information content (AvgIpc) is 3.17. The van der Waals surface area contributed by atoms with Crippen LogP contribution >= 0.6 is 11.6 Å². The highest BCUT2D eigenvalue weighted by Gasteiger charge is 2.15. The van der Waals surface area contributed by atoms with E-state index in [1.54, 1.807) is 0 Å². The number of nitrogens with zero attached hydrogens (tertiary/aromatic N) is 3. The largest absolute Gasteiger partial charge is 0.328 e. The molecule has 0 saturated carbocycles. The summed E-state index contributed by atoms with van der Waals surface area (Å²) in [5.41, 5.74) is 5.24. The Morgan fingerprint density at radius 1 is 0.846 bits per heavy atom. The van der Waals surface area contributed by atoms with Gasteiger partial charge in [0.1, 0.15) is 5.38 Å². The van der Waals surface area contributed by atoms with Gasteiger partial charge in [0.05, 0.1) is 24.3 Å². The Bertz CT molecular complexity index is 963. The van der Waals surface area contributed by atoms with Crippen molar-refractivity contribution in [1.82, 2.24) is 14.5 Å². The molecule has 1 atom stereocenters. The molecule has 0 saturated heterocycles. The molecule has 0 radical (unpaired) electrons. The molecule has 0 N–H and O–H groups in total. The summed E-state index contributed by atoms with van der Waals surface area (Å²) in [6.07, 6.45) is 5.56. The van der Waals surface area contributed by atoms with Gasteiger partial charge in [-0.25, -0.2) is 4.98 Å². The van der Waals surface area contributed by atoms with Crippen LogP contribution in [-0.2, 0) is 6.54 Å². The molecule has 2 heterocycles. The van der Waals surface area contributed by atoms with Crippen molar-refractivity contribution in [1.29, 1.82) is 0 Å². The highest BCUT2D eigenvalue weighted by atomic mass is 35.5. The van der Waals surface area contributed by atoms with E-state index in [0.717, 1.165) is 28.1 Å². The van der Waals surface area contributed by atoms with Crippen molar-refractivity contribution < 1.29 is 0 Å². The number of imidazole rings is 1. The van der Waals surface area contributed by atoms with Crippen LogP contribution in [0.3, 0.4) is 0 Å². The zero-order chi connectivity index (χ0) is 17.8. The minimum absolute atomic E-state index is 0.227. The highest BCUT2D eigenvalue weighted by Crippen LogP contribution is 2.28. The molecule has 4 aromatic rings. The monoisotopic (exact) mass is 359 g/mol. The zero-order valence-electron chi connectivity index (χ0n) is 14.2. The van der Waals surface area contributed by atoms with Gasteiger partial charge in [0, 0.05) is 18.0 Å². The van der Waals surface area contributed by atoms with E-state index in [2.05, 4.69) is 38.8 Å². The molecule has 128 valence electrons. The summed E-state index contributed by atoms with van der Waals surface area (Å²) in [7, 11) is 0. The van der Waals surface area contributed by atoms with Crippen LogP contribution in [0.4, 0.5) is 0 Å². The van der Waals surface area contributed by atoms with E-state index < -0.39 is 0 Å². The van der Waals surface area contributed by atoms with Gasteiger partial charge in [0.25, 0.3) is 0 Å². The molecular weight excluding hydrogens is 342 g/mol. The van der Waals surface area contributed by atoms with Gasteiger partial charge in [-0.2, -0.15) is 0 Å². The van der Waals surface area contributed by atoms with Crippen LogP contribution in [0.15, 0.2) is 91.5 Å². The maximum absolute atomic E-state index is 6.67. The van der Waals surface area contributed by atoms with Gasteiger partial charge in [-0.05, 0) is 17.2 Å². The summed E-state index contributed by atoms with van der Waals surface area (Å²) in [4.78, 5) is 8.88. The van der Waals surface area contributed by atoms with Gasteiger partial charge in [-0.1, -0.05) is 66.7 Å². The van der Waals surface area contributed by atoms with E-state index in [4.69, 9.17) is 11.6 Å². The van der Waals surface area contributed by atoms with Crippen molar-refractivity contribution in [3.8, 4) is 11.3 Å². The van der Waals surface area contributed by atoms with Gasteiger partial charge in [-0.15, -0.1) is 11.6 Å². The summed E-state index contributed by atoms with van der Waals surface area (Å²) in [6, 6.07) is 24.4. The summed E-state index contributed by atoms with van der Waals surface area (Å²) in [5.74, 6) is 0. The minimum atomic E-state index is -0.227. The SMILES string of the molecule is ClC(c1ccccc1)c1cncn1Cc1ccc(-c2ccccc2)nc1. The first-order valence-corrected chi connectivity index (χ1v) is 8.94. The molecule has 0 aliphatic heterocycles. The predicted octanol–water partition coefficient (Wildman–Crippen LogP) is 5.32. The van der Waals surface area contributed by atoms with Crippen LogP contribution in [0.1, 0.15) is 22.2 Å². The lowest BCUT2D eigenvalue weighted by Crippen LogP contribution is -2.06. The summed E-state index contributed by atoms with van der Waals surface area (Å²) in [6.45, 7) is 0.688. The van der Waals surface area contributed by atoms with Gasteiger partial charge in [0.15, 0.2) is 0 Å². The van der Waals surface area contributed by atoms with Crippen LogP contribution in [-0.4, -0.2) is 14.5 Å². The Morgan fingerprint density at radius 2 is 1.58 bits per heavy atom. The molecule has 3 nitrogen and oxygen atoms in total. The zero-order valence-corrected chi connectivity index (χ0v) is 14.9. The Balaban J connectivity index is 1.54. The lowest BCUT2D eigenvalue weighted by Gasteiger charge is -2.13. The van der Waals surface area contributed by atoms with Gasteiger partial charge in [0.2, 0.25) is 0 Å². The smallest absolute Gasteiger partial charge is 0.100 e. The maximum atomic E-state index is 6.67. The lowest BCUT2D eigenvalue weighted by atomic mass is 10.1. The second-order valence-corrected chi connectivity index (χ2v) is 6.57. The van der Waals surface area contributed by atoms with E-state index in [1.165, 1.54) is 0 Å². The van der Waals surface area contributed by atoms with E-state index in [9.17, 15) is 0 Å². The molecule has 0 amide bonds. The number of hydrogen-bond donors (Lipinski definition) is 0. The second kappa shape index (κ2) is 7.54. The fourth-order valence-electron chi connectivity index (χ4n) is 2.96. The third-order valence-corrected chi connectivity index (χ3v) is 4.82. The molecule has 1 unspecified atom stereocenters. The molecule has 0 aliphatic rings. The summed E-state index contributed by atoms with van der Waals surface area (Å²) < 4.78 is 2.07. The first-order chi connectivity index (χ1) is 12.8. The molecular formula is C22H18ClN3. The molecule has 2 aromatic heterocycles. The number of aromatic nitrogens is 3. The average molecular weight is 360 g/mol. The summed E-state index contributed by atoms with van der Waals surface area (Å²) >= 11 is 6.67. The van der Waals surface area contributed by atoms with Gasteiger partial charge < -0.3 is 4.57 Å². The molecule has 0 fully saturated rings. The fraction of sp³-hybridized carbons (Fsp3) is 0.0909. The van der Waals surface area contributed by atoms with Gasteiger partial charge >= 0.3 is 0 Å². The topological polar surface area (TPSA) is 30.7 Å². The Hall–Kier alpha value is -2.91. The Kier molecular flexibility index (Phi) is 4.80. The van der Waals surface area contributed by atoms with Crippen molar-refractivity contribution in [2.24, 2.45) is 0 Å². The van der Waals surface area contributed by atoms with Crippen molar-refractivity contribution in [3.63, 3.8) is 0 Å². The summed E-state index contributed by atoms with van der Waals surface area (Å²) in [5, 5.41) is -0.227. The number of halogens is 1. The van der Waals surface area contributed by atoms with Crippen LogP contribution in [0.2, 0.25) is 0 Å². The Morgan fingerprint density at radius 3 is 2.27 bits per heavy atom. The molecule has 26 heavy (non-hydrogen) atoms. The molecule has 2 aromatic carbocycles. The fourth-order valence-corrected chi connectivity index (χ4v) is 3.29. The second-order valence-electron chi connectivity index (χ2n) is 6.14. The first kappa shape index (κ1) is 16.6. The lowest BCUT2D eigenvalue weighted by molar-refractivity contribution is 0.745. The predicted molar refractivity (Wildman–Crippen MR) is 105 cm³/mol. The maximum Gasteiger partial charge on any atom is 0.100 e. The van der Waals surface area contributed by atoms with Crippen molar-refractivity contribution in [2.45, 2.75) is 11.9 Å². The first-order valence-electron chi connectivity index (χ1n) is 8.50. The van der Waals surface area contributed by atoms with Crippen LogP contribution in [0.5, 0.6) is 0 Å². The van der Waals surface area contributed by atoms with E-state index in [1.807, 2.05) is 67.3 Å². The van der Waals surface area contributed by atoms with E-state index >= 15 is 0 Å².